The number of nitrogens with two attached hydrogens (primary N) is 1. The maximum Gasteiger partial charge on any atom is 0.120 e. The lowest BCUT2D eigenvalue weighted by Gasteiger charge is -2.19. The van der Waals surface area contributed by atoms with Crippen LogP contribution in [0.15, 0.2) is 41.0 Å². The summed E-state index contributed by atoms with van der Waals surface area (Å²) < 4.78 is 5.43. The zero-order chi connectivity index (χ0) is 12.5. The summed E-state index contributed by atoms with van der Waals surface area (Å²) >= 11 is 0. The van der Waals surface area contributed by atoms with Gasteiger partial charge in [-0.25, -0.2) is 0 Å². The quantitative estimate of drug-likeness (QED) is 0.813. The van der Waals surface area contributed by atoms with Gasteiger partial charge in [0, 0.05) is 11.7 Å². The normalized spacial score (nSPS) is 19.7. The minimum atomic E-state index is 0.230. The Morgan fingerprint density at radius 2 is 2.28 bits per heavy atom. The van der Waals surface area contributed by atoms with Gasteiger partial charge in [-0.05, 0) is 55.2 Å². The van der Waals surface area contributed by atoms with E-state index in [0.29, 0.717) is 6.04 Å². The van der Waals surface area contributed by atoms with E-state index >= 15 is 0 Å². The molecule has 3 rings (SSSR count). The predicted octanol–water partition coefficient (Wildman–Crippen LogP) is 3.20. The van der Waals surface area contributed by atoms with Crippen molar-refractivity contribution in [3.8, 4) is 0 Å². The molecule has 0 bridgehead atoms. The van der Waals surface area contributed by atoms with Gasteiger partial charge in [-0.15, -0.1) is 0 Å². The smallest absolute Gasteiger partial charge is 0.120 e. The number of furan rings is 1. The van der Waals surface area contributed by atoms with Crippen LogP contribution in [0.25, 0.3) is 0 Å². The van der Waals surface area contributed by atoms with Gasteiger partial charge in [0.2, 0.25) is 0 Å². The van der Waals surface area contributed by atoms with Crippen LogP contribution in [0.1, 0.15) is 42.3 Å². The molecule has 3 nitrogen and oxygen atoms in total. The van der Waals surface area contributed by atoms with Gasteiger partial charge in [0.1, 0.15) is 5.76 Å². The Bertz CT molecular complexity index is 533. The van der Waals surface area contributed by atoms with Crippen LogP contribution in [0, 0.1) is 0 Å². The molecular formula is C15H18N2O. The molecule has 1 aromatic heterocycles. The molecule has 0 fully saturated rings. The van der Waals surface area contributed by atoms with E-state index in [-0.39, 0.29) is 6.04 Å². The summed E-state index contributed by atoms with van der Waals surface area (Å²) in [6.45, 7) is 2.13. The number of fused-ring (bicyclic) bond motifs is 1. The standard InChI is InChI=1S/C15H18N2O/c1-10(15-3-2-8-18-15)17-14-7-4-11-9-12(16)5-6-13(11)14/h2-3,5-6,8-10,14,17H,4,7,16H2,1H3. The van der Waals surface area contributed by atoms with Crippen molar-refractivity contribution >= 4 is 5.69 Å². The second-order valence-corrected chi connectivity index (χ2v) is 4.95. The van der Waals surface area contributed by atoms with Crippen LogP contribution in [0.2, 0.25) is 0 Å². The van der Waals surface area contributed by atoms with Gasteiger partial charge in [0.05, 0.1) is 12.3 Å². The maximum absolute atomic E-state index is 5.82. The van der Waals surface area contributed by atoms with Crippen molar-refractivity contribution in [2.75, 3.05) is 5.73 Å². The maximum atomic E-state index is 5.82. The molecule has 1 aromatic carbocycles. The molecule has 2 unspecified atom stereocenters. The van der Waals surface area contributed by atoms with Gasteiger partial charge in [-0.1, -0.05) is 6.07 Å². The molecule has 1 aliphatic rings. The lowest BCUT2D eigenvalue weighted by Crippen LogP contribution is -2.22. The van der Waals surface area contributed by atoms with Gasteiger partial charge in [0.15, 0.2) is 0 Å². The predicted molar refractivity (Wildman–Crippen MR) is 72.2 cm³/mol. The van der Waals surface area contributed by atoms with Crippen molar-refractivity contribution in [1.82, 2.24) is 5.32 Å². The highest BCUT2D eigenvalue weighted by molar-refractivity contribution is 5.47. The van der Waals surface area contributed by atoms with E-state index in [9.17, 15) is 0 Å². The summed E-state index contributed by atoms with van der Waals surface area (Å²) in [7, 11) is 0. The average molecular weight is 242 g/mol. The lowest BCUT2D eigenvalue weighted by molar-refractivity contribution is 0.391. The minimum Gasteiger partial charge on any atom is -0.468 e. The van der Waals surface area contributed by atoms with E-state index in [0.717, 1.165) is 24.3 Å². The molecule has 0 aliphatic heterocycles. The highest BCUT2D eigenvalue weighted by atomic mass is 16.3. The summed E-state index contributed by atoms with van der Waals surface area (Å²) in [5.74, 6) is 0.985. The Hall–Kier alpha value is -1.74. The van der Waals surface area contributed by atoms with Crippen LogP contribution in [0.4, 0.5) is 5.69 Å². The zero-order valence-electron chi connectivity index (χ0n) is 10.5. The van der Waals surface area contributed by atoms with E-state index in [1.807, 2.05) is 18.2 Å². The molecule has 3 N–H and O–H groups in total. The van der Waals surface area contributed by atoms with E-state index in [1.54, 1.807) is 6.26 Å². The van der Waals surface area contributed by atoms with Gasteiger partial charge in [-0.2, -0.15) is 0 Å². The van der Waals surface area contributed by atoms with Crippen LogP contribution in [0.3, 0.4) is 0 Å². The molecule has 18 heavy (non-hydrogen) atoms. The summed E-state index contributed by atoms with van der Waals surface area (Å²) in [4.78, 5) is 0. The number of benzene rings is 1. The summed E-state index contributed by atoms with van der Waals surface area (Å²) in [5, 5.41) is 3.62. The van der Waals surface area contributed by atoms with Crippen LogP contribution < -0.4 is 11.1 Å². The van der Waals surface area contributed by atoms with Crippen molar-refractivity contribution in [2.45, 2.75) is 31.8 Å². The molecule has 2 aromatic rings. The Morgan fingerprint density at radius 1 is 1.39 bits per heavy atom. The minimum absolute atomic E-state index is 0.230. The van der Waals surface area contributed by atoms with Gasteiger partial charge >= 0.3 is 0 Å². The number of hydrogen-bond acceptors (Lipinski definition) is 3. The fourth-order valence-corrected chi connectivity index (χ4v) is 2.73. The van der Waals surface area contributed by atoms with Crippen LogP contribution in [-0.2, 0) is 6.42 Å². The second-order valence-electron chi connectivity index (χ2n) is 4.95. The number of nitrogen functional groups attached to an aromatic ring is 1. The first-order chi connectivity index (χ1) is 8.74. The first-order valence-electron chi connectivity index (χ1n) is 6.42. The Labute approximate surface area is 107 Å². The van der Waals surface area contributed by atoms with Gasteiger partial charge < -0.3 is 15.5 Å². The first-order valence-corrected chi connectivity index (χ1v) is 6.42. The molecule has 0 spiro atoms. The van der Waals surface area contributed by atoms with Crippen molar-refractivity contribution in [2.24, 2.45) is 0 Å². The molecule has 0 radical (unpaired) electrons. The van der Waals surface area contributed by atoms with Crippen molar-refractivity contribution < 1.29 is 4.42 Å². The van der Waals surface area contributed by atoms with Crippen molar-refractivity contribution in [1.29, 1.82) is 0 Å². The molecule has 1 heterocycles. The topological polar surface area (TPSA) is 51.2 Å². The number of anilines is 1. The SMILES string of the molecule is CC(NC1CCc2cc(N)ccc21)c1ccco1. The molecule has 1 aliphatic carbocycles. The van der Waals surface area contributed by atoms with E-state index in [2.05, 4.69) is 24.4 Å². The molecule has 0 saturated heterocycles. The van der Waals surface area contributed by atoms with Gasteiger partial charge in [-0.3, -0.25) is 0 Å². The van der Waals surface area contributed by atoms with Crippen molar-refractivity contribution in [3.05, 3.63) is 53.5 Å². The number of nitrogens with one attached hydrogen (secondary N) is 1. The second kappa shape index (κ2) is 4.50. The molecule has 2 atom stereocenters. The average Bonchev–Trinajstić information content (AvgIpc) is 2.98. The zero-order valence-corrected chi connectivity index (χ0v) is 10.5. The fraction of sp³-hybridized carbons (Fsp3) is 0.333. The number of rotatable bonds is 3. The molecule has 94 valence electrons. The van der Waals surface area contributed by atoms with E-state index < -0.39 is 0 Å². The summed E-state index contributed by atoms with van der Waals surface area (Å²) in [5.41, 5.74) is 9.43. The lowest BCUT2D eigenvalue weighted by atomic mass is 10.1. The van der Waals surface area contributed by atoms with Crippen molar-refractivity contribution in [3.63, 3.8) is 0 Å². The largest absolute Gasteiger partial charge is 0.468 e. The molecule has 3 heteroatoms. The molecule has 0 amide bonds. The monoisotopic (exact) mass is 242 g/mol. The number of hydrogen-bond donors (Lipinski definition) is 2. The molecular weight excluding hydrogens is 224 g/mol. The molecule has 0 saturated carbocycles. The third-order valence-electron chi connectivity index (χ3n) is 3.67. The third kappa shape index (κ3) is 2.02. The van der Waals surface area contributed by atoms with Crippen LogP contribution >= 0.6 is 0 Å². The highest BCUT2D eigenvalue weighted by Gasteiger charge is 2.24. The van der Waals surface area contributed by atoms with Gasteiger partial charge in [0.25, 0.3) is 0 Å². The van der Waals surface area contributed by atoms with E-state index in [1.165, 1.54) is 11.1 Å². The summed E-state index contributed by atoms with van der Waals surface area (Å²) in [6.07, 6.45) is 3.95. The summed E-state index contributed by atoms with van der Waals surface area (Å²) in [6, 6.07) is 10.8. The third-order valence-corrected chi connectivity index (χ3v) is 3.67. The Balaban J connectivity index is 1.77. The highest BCUT2D eigenvalue weighted by Crippen LogP contribution is 2.34. The van der Waals surface area contributed by atoms with Crippen LogP contribution in [-0.4, -0.2) is 0 Å². The fourth-order valence-electron chi connectivity index (χ4n) is 2.73. The Kier molecular flexibility index (Phi) is 2.84. The number of aryl methyl sites for hydroxylation is 1. The van der Waals surface area contributed by atoms with Crippen LogP contribution in [0.5, 0.6) is 0 Å². The Morgan fingerprint density at radius 3 is 3.06 bits per heavy atom. The van der Waals surface area contributed by atoms with E-state index in [4.69, 9.17) is 10.2 Å². The first kappa shape index (κ1) is 11.4.